The Hall–Kier alpha value is -0.920. The first-order chi connectivity index (χ1) is 9.84. The SMILES string of the molecule is CO[C@H](C)CS(=O)(=O)N[C@@H]1CCCc2cnn(C(C)C)c21. The molecule has 0 aromatic carbocycles. The molecule has 21 heavy (non-hydrogen) atoms. The van der Waals surface area contributed by atoms with Gasteiger partial charge in [0.2, 0.25) is 10.0 Å². The summed E-state index contributed by atoms with van der Waals surface area (Å²) in [7, 11) is -1.85. The predicted octanol–water partition coefficient (Wildman–Crippen LogP) is 1.80. The number of aryl methyl sites for hydroxylation is 1. The molecule has 1 aliphatic rings. The monoisotopic (exact) mass is 315 g/mol. The Labute approximate surface area is 126 Å². The molecule has 6 nitrogen and oxygen atoms in total. The van der Waals surface area contributed by atoms with Crippen LogP contribution in [0.1, 0.15) is 57.0 Å². The molecule has 0 unspecified atom stereocenters. The smallest absolute Gasteiger partial charge is 0.214 e. The van der Waals surface area contributed by atoms with Crippen LogP contribution in [-0.4, -0.2) is 37.2 Å². The number of sulfonamides is 1. The van der Waals surface area contributed by atoms with Crippen molar-refractivity contribution in [3.05, 3.63) is 17.5 Å². The maximum atomic E-state index is 12.3. The summed E-state index contributed by atoms with van der Waals surface area (Å²) in [5.41, 5.74) is 2.17. The van der Waals surface area contributed by atoms with Crippen molar-refractivity contribution in [2.75, 3.05) is 12.9 Å². The molecule has 2 atom stereocenters. The lowest BCUT2D eigenvalue weighted by Crippen LogP contribution is -2.37. The van der Waals surface area contributed by atoms with Crippen LogP contribution in [0.25, 0.3) is 0 Å². The fraction of sp³-hybridized carbons (Fsp3) is 0.786. The van der Waals surface area contributed by atoms with Crippen LogP contribution in [0, 0.1) is 0 Å². The summed E-state index contributed by atoms with van der Waals surface area (Å²) in [6.45, 7) is 5.87. The highest BCUT2D eigenvalue weighted by atomic mass is 32.2. The fourth-order valence-corrected chi connectivity index (χ4v) is 4.30. The van der Waals surface area contributed by atoms with Gasteiger partial charge in [-0.25, -0.2) is 13.1 Å². The van der Waals surface area contributed by atoms with Gasteiger partial charge < -0.3 is 4.74 Å². The highest BCUT2D eigenvalue weighted by molar-refractivity contribution is 7.89. The van der Waals surface area contributed by atoms with Crippen LogP contribution < -0.4 is 4.72 Å². The zero-order valence-corrected chi connectivity index (χ0v) is 14.0. The third kappa shape index (κ3) is 3.84. The van der Waals surface area contributed by atoms with Gasteiger partial charge in [-0.2, -0.15) is 5.10 Å². The Morgan fingerprint density at radius 3 is 2.81 bits per heavy atom. The molecule has 0 aliphatic heterocycles. The molecule has 0 radical (unpaired) electrons. The minimum atomic E-state index is -3.37. The first-order valence-electron chi connectivity index (χ1n) is 7.43. The van der Waals surface area contributed by atoms with E-state index < -0.39 is 10.0 Å². The average Bonchev–Trinajstić information content (AvgIpc) is 2.82. The zero-order chi connectivity index (χ0) is 15.6. The number of fused-ring (bicyclic) bond motifs is 1. The Bertz CT molecular complexity index is 580. The summed E-state index contributed by atoms with van der Waals surface area (Å²) < 4.78 is 34.3. The summed E-state index contributed by atoms with van der Waals surface area (Å²) >= 11 is 0. The molecule has 0 saturated carbocycles. The molecule has 0 saturated heterocycles. The second-order valence-corrected chi connectivity index (χ2v) is 7.78. The zero-order valence-electron chi connectivity index (χ0n) is 13.2. The summed E-state index contributed by atoms with van der Waals surface area (Å²) in [5, 5.41) is 4.41. The van der Waals surface area contributed by atoms with Gasteiger partial charge in [-0.15, -0.1) is 0 Å². The molecule has 1 N–H and O–H groups in total. The predicted molar refractivity (Wildman–Crippen MR) is 81.7 cm³/mol. The second-order valence-electron chi connectivity index (χ2n) is 5.98. The minimum absolute atomic E-state index is 0.0227. The number of hydrogen-bond donors (Lipinski definition) is 1. The largest absolute Gasteiger partial charge is 0.381 e. The van der Waals surface area contributed by atoms with E-state index in [1.807, 2.05) is 10.9 Å². The van der Waals surface area contributed by atoms with Crippen molar-refractivity contribution in [1.29, 1.82) is 0 Å². The molecule has 2 rings (SSSR count). The van der Waals surface area contributed by atoms with Crippen molar-refractivity contribution in [3.8, 4) is 0 Å². The molecule has 0 bridgehead atoms. The average molecular weight is 315 g/mol. The van der Waals surface area contributed by atoms with E-state index in [0.29, 0.717) is 0 Å². The maximum Gasteiger partial charge on any atom is 0.214 e. The summed E-state index contributed by atoms with van der Waals surface area (Å²) in [4.78, 5) is 0. The second kappa shape index (κ2) is 6.46. The van der Waals surface area contributed by atoms with Crippen molar-refractivity contribution in [2.24, 2.45) is 0 Å². The first kappa shape index (κ1) is 16.5. The third-order valence-electron chi connectivity index (χ3n) is 3.85. The fourth-order valence-electron chi connectivity index (χ4n) is 2.78. The molecular formula is C14H25N3O3S. The van der Waals surface area contributed by atoms with Gasteiger partial charge in [0.1, 0.15) is 0 Å². The molecule has 0 spiro atoms. The van der Waals surface area contributed by atoms with Gasteiger partial charge >= 0.3 is 0 Å². The van der Waals surface area contributed by atoms with E-state index >= 15 is 0 Å². The number of nitrogens with one attached hydrogen (secondary N) is 1. The molecule has 1 aromatic rings. The molecule has 0 fully saturated rings. The van der Waals surface area contributed by atoms with E-state index in [4.69, 9.17) is 4.74 Å². The summed E-state index contributed by atoms with van der Waals surface area (Å²) in [5.74, 6) is -0.0227. The van der Waals surface area contributed by atoms with Gasteiger partial charge in [-0.05, 0) is 45.6 Å². The van der Waals surface area contributed by atoms with Crippen LogP contribution >= 0.6 is 0 Å². The van der Waals surface area contributed by atoms with E-state index in [0.717, 1.165) is 30.5 Å². The van der Waals surface area contributed by atoms with Gasteiger partial charge in [0.05, 0.1) is 29.8 Å². The first-order valence-corrected chi connectivity index (χ1v) is 9.08. The minimum Gasteiger partial charge on any atom is -0.381 e. The van der Waals surface area contributed by atoms with Crippen molar-refractivity contribution < 1.29 is 13.2 Å². The molecule has 1 heterocycles. The normalized spacial score (nSPS) is 20.5. The number of nitrogens with zero attached hydrogens (tertiary/aromatic N) is 2. The quantitative estimate of drug-likeness (QED) is 0.868. The molecule has 1 aromatic heterocycles. The van der Waals surface area contributed by atoms with E-state index in [2.05, 4.69) is 23.7 Å². The van der Waals surface area contributed by atoms with Crippen molar-refractivity contribution in [2.45, 2.75) is 58.2 Å². The van der Waals surface area contributed by atoms with E-state index in [1.165, 1.54) is 7.11 Å². The van der Waals surface area contributed by atoms with Crippen molar-refractivity contribution >= 4 is 10.0 Å². The van der Waals surface area contributed by atoms with Crippen LogP contribution in [0.2, 0.25) is 0 Å². The van der Waals surface area contributed by atoms with Crippen LogP contribution in [0.15, 0.2) is 6.20 Å². The summed E-state index contributed by atoms with van der Waals surface area (Å²) in [6.07, 6.45) is 4.30. The van der Waals surface area contributed by atoms with Gasteiger partial charge in [-0.3, -0.25) is 4.68 Å². The van der Waals surface area contributed by atoms with E-state index in [-0.39, 0.29) is 23.9 Å². The Balaban J connectivity index is 2.22. The van der Waals surface area contributed by atoms with Gasteiger partial charge in [-0.1, -0.05) is 0 Å². The Kier molecular flexibility index (Phi) is 5.06. The summed E-state index contributed by atoms with van der Waals surface area (Å²) in [6, 6.07) is 0.0319. The Morgan fingerprint density at radius 2 is 2.19 bits per heavy atom. The van der Waals surface area contributed by atoms with Crippen LogP contribution in [0.4, 0.5) is 0 Å². The maximum absolute atomic E-state index is 12.3. The highest BCUT2D eigenvalue weighted by Gasteiger charge is 2.29. The standard InChI is InChI=1S/C14H25N3O3S/c1-10(2)17-14-12(8-15-17)6-5-7-13(14)16-21(18,19)9-11(3)20-4/h8,10-11,13,16H,5-7,9H2,1-4H3/t11-,13-/m1/s1. The van der Waals surface area contributed by atoms with Gasteiger partial charge in [0.25, 0.3) is 0 Å². The lowest BCUT2D eigenvalue weighted by atomic mass is 9.94. The number of aromatic nitrogens is 2. The van der Waals surface area contributed by atoms with Crippen molar-refractivity contribution in [3.63, 3.8) is 0 Å². The highest BCUT2D eigenvalue weighted by Crippen LogP contribution is 2.31. The van der Waals surface area contributed by atoms with Crippen LogP contribution in [0.3, 0.4) is 0 Å². The van der Waals surface area contributed by atoms with Crippen LogP contribution in [0.5, 0.6) is 0 Å². The number of ether oxygens (including phenoxy) is 1. The number of rotatable bonds is 6. The van der Waals surface area contributed by atoms with Gasteiger partial charge in [0.15, 0.2) is 0 Å². The molecule has 7 heteroatoms. The topological polar surface area (TPSA) is 73.2 Å². The molecule has 120 valence electrons. The van der Waals surface area contributed by atoms with Crippen LogP contribution in [-0.2, 0) is 21.2 Å². The third-order valence-corrected chi connectivity index (χ3v) is 5.40. The molecular weight excluding hydrogens is 290 g/mol. The van der Waals surface area contributed by atoms with Gasteiger partial charge in [0, 0.05) is 13.2 Å². The lowest BCUT2D eigenvalue weighted by Gasteiger charge is -2.26. The lowest BCUT2D eigenvalue weighted by molar-refractivity contribution is 0.136. The molecule has 0 amide bonds. The number of methoxy groups -OCH3 is 1. The van der Waals surface area contributed by atoms with E-state index in [1.54, 1.807) is 6.92 Å². The van der Waals surface area contributed by atoms with Crippen molar-refractivity contribution in [1.82, 2.24) is 14.5 Å². The number of hydrogen-bond acceptors (Lipinski definition) is 4. The molecule has 1 aliphatic carbocycles. The van der Waals surface area contributed by atoms with E-state index in [9.17, 15) is 8.42 Å². The Morgan fingerprint density at radius 1 is 1.48 bits per heavy atom.